The van der Waals surface area contributed by atoms with Gasteiger partial charge >= 0.3 is 11.9 Å². The number of carboxylic acids is 1. The van der Waals surface area contributed by atoms with E-state index in [9.17, 15) is 14.7 Å². The molecule has 1 aliphatic heterocycles. The van der Waals surface area contributed by atoms with Gasteiger partial charge in [0, 0.05) is 42.7 Å². The first-order chi connectivity index (χ1) is 18.6. The van der Waals surface area contributed by atoms with E-state index in [4.69, 9.17) is 20.4 Å². The molecule has 4 rings (SSSR count). The van der Waals surface area contributed by atoms with Crippen LogP contribution in [0.4, 0.5) is 5.82 Å². The molecule has 39 heavy (non-hydrogen) atoms. The van der Waals surface area contributed by atoms with Gasteiger partial charge in [-0.05, 0) is 82.2 Å². The monoisotopic (exact) mass is 532 g/mol. The smallest absolute Gasteiger partial charge is 0.358 e. The number of esters is 1. The summed E-state index contributed by atoms with van der Waals surface area (Å²) in [5.74, 6) is -0.329. The molecule has 0 amide bonds. The van der Waals surface area contributed by atoms with Crippen LogP contribution >= 0.6 is 0 Å². The number of carbonyl (C=O) groups excluding carboxylic acids is 1. The van der Waals surface area contributed by atoms with Gasteiger partial charge in [-0.2, -0.15) is 0 Å². The van der Waals surface area contributed by atoms with Crippen LogP contribution in [0.2, 0.25) is 0 Å². The van der Waals surface area contributed by atoms with Gasteiger partial charge in [0.1, 0.15) is 11.4 Å². The lowest BCUT2D eigenvalue weighted by Crippen LogP contribution is -2.33. The number of ether oxygens (including phenoxy) is 1. The zero-order valence-electron chi connectivity index (χ0n) is 23.5. The molecule has 0 unspecified atom stereocenters. The molecule has 1 aromatic heterocycles. The van der Waals surface area contributed by atoms with Crippen molar-refractivity contribution in [2.75, 3.05) is 18.0 Å². The number of hydrogen-bond acceptors (Lipinski definition) is 7. The average Bonchev–Trinajstić information content (AvgIpc) is 2.91. The summed E-state index contributed by atoms with van der Waals surface area (Å²) in [6.45, 7) is 9.16. The van der Waals surface area contributed by atoms with Gasteiger partial charge in [-0.25, -0.2) is 14.6 Å². The van der Waals surface area contributed by atoms with E-state index >= 15 is 0 Å². The Labute approximate surface area is 231 Å². The van der Waals surface area contributed by atoms with E-state index in [1.165, 1.54) is 38.3 Å². The van der Waals surface area contributed by atoms with E-state index in [-0.39, 0.29) is 5.69 Å². The highest BCUT2D eigenvalue weighted by atomic mass is 16.6. The Hall–Kier alpha value is -3.68. The molecule has 0 radical (unpaired) electrons. The molecule has 0 saturated heterocycles. The fourth-order valence-electron chi connectivity index (χ4n) is 5.43. The number of fused-ring (bicyclic) bond motifs is 1. The zero-order valence-corrected chi connectivity index (χ0v) is 23.5. The maximum absolute atomic E-state index is 13.4. The summed E-state index contributed by atoms with van der Waals surface area (Å²) < 4.78 is 5.74. The topological polar surface area (TPSA) is 118 Å². The SMILES string of the molecule is CC(=NCC1CCCCC1)/C(=C\N)c1ccc(N2CCc3cccc(C(=O)O)c3C2)nc1C(=O)OC(C)(C)C. The van der Waals surface area contributed by atoms with E-state index in [0.717, 1.165) is 23.4 Å². The number of hydrogen-bond donors (Lipinski definition) is 2. The highest BCUT2D eigenvalue weighted by Gasteiger charge is 2.27. The van der Waals surface area contributed by atoms with Crippen LogP contribution in [0.5, 0.6) is 0 Å². The summed E-state index contributed by atoms with van der Waals surface area (Å²) in [5.41, 5.74) is 9.64. The molecule has 0 bridgehead atoms. The van der Waals surface area contributed by atoms with Crippen molar-refractivity contribution < 1.29 is 19.4 Å². The number of aliphatic imine (C=N–C) groups is 1. The molecular formula is C31H40N4O4. The third kappa shape index (κ3) is 6.85. The number of nitrogens with two attached hydrogens (primary N) is 1. The lowest BCUT2D eigenvalue weighted by molar-refractivity contribution is 0.00624. The van der Waals surface area contributed by atoms with Gasteiger partial charge in [0.25, 0.3) is 0 Å². The predicted molar refractivity (Wildman–Crippen MR) is 154 cm³/mol. The fraction of sp³-hybridized carbons (Fsp3) is 0.484. The van der Waals surface area contributed by atoms with Gasteiger partial charge in [-0.15, -0.1) is 0 Å². The number of aromatic nitrogens is 1. The molecular weight excluding hydrogens is 492 g/mol. The second-order valence-electron chi connectivity index (χ2n) is 11.5. The summed E-state index contributed by atoms with van der Waals surface area (Å²) in [5, 5.41) is 9.70. The molecule has 2 aromatic rings. The van der Waals surface area contributed by atoms with Crippen LogP contribution in [-0.4, -0.2) is 46.4 Å². The van der Waals surface area contributed by atoms with E-state index in [2.05, 4.69) is 0 Å². The van der Waals surface area contributed by atoms with Crippen molar-refractivity contribution in [3.05, 3.63) is 64.5 Å². The minimum atomic E-state index is -0.952. The van der Waals surface area contributed by atoms with Crippen LogP contribution in [0.3, 0.4) is 0 Å². The Bertz CT molecular complexity index is 1290. The first-order valence-corrected chi connectivity index (χ1v) is 13.8. The number of benzene rings is 1. The van der Waals surface area contributed by atoms with Crippen molar-refractivity contribution in [2.45, 2.75) is 78.4 Å². The number of rotatable bonds is 7. The second kappa shape index (κ2) is 12.0. The normalized spacial score (nSPS) is 17.1. The van der Waals surface area contributed by atoms with Crippen LogP contribution in [0.15, 0.2) is 41.5 Å². The van der Waals surface area contributed by atoms with Crippen LogP contribution in [0.1, 0.15) is 97.3 Å². The minimum Gasteiger partial charge on any atom is -0.478 e. The summed E-state index contributed by atoms with van der Waals surface area (Å²) in [4.78, 5) is 36.9. The number of nitrogens with zero attached hydrogens (tertiary/aromatic N) is 3. The lowest BCUT2D eigenvalue weighted by atomic mass is 9.89. The number of carbonyl (C=O) groups is 2. The molecule has 1 saturated carbocycles. The Morgan fingerprint density at radius 2 is 1.90 bits per heavy atom. The molecule has 1 aliphatic carbocycles. The number of aromatic carboxylic acids is 1. The molecule has 3 N–H and O–H groups in total. The number of carboxylic acid groups (broad SMARTS) is 1. The predicted octanol–water partition coefficient (Wildman–Crippen LogP) is 5.64. The zero-order chi connectivity index (χ0) is 28.2. The Kier molecular flexibility index (Phi) is 8.73. The Balaban J connectivity index is 1.68. The van der Waals surface area contributed by atoms with Gasteiger partial charge in [-0.3, -0.25) is 4.99 Å². The van der Waals surface area contributed by atoms with Crippen LogP contribution in [0.25, 0.3) is 5.57 Å². The van der Waals surface area contributed by atoms with Crippen molar-refractivity contribution in [2.24, 2.45) is 16.6 Å². The maximum atomic E-state index is 13.4. The highest BCUT2D eigenvalue weighted by molar-refractivity contribution is 6.24. The van der Waals surface area contributed by atoms with Gasteiger partial charge in [-0.1, -0.05) is 31.4 Å². The Morgan fingerprint density at radius 1 is 1.15 bits per heavy atom. The van der Waals surface area contributed by atoms with Crippen molar-refractivity contribution in [3.8, 4) is 0 Å². The highest BCUT2D eigenvalue weighted by Crippen LogP contribution is 2.30. The number of anilines is 1. The first kappa shape index (κ1) is 28.3. The minimum absolute atomic E-state index is 0.170. The van der Waals surface area contributed by atoms with E-state index < -0.39 is 17.5 Å². The molecule has 208 valence electrons. The van der Waals surface area contributed by atoms with Gasteiger partial charge in [0.2, 0.25) is 0 Å². The molecule has 0 atom stereocenters. The van der Waals surface area contributed by atoms with Crippen LogP contribution in [0, 0.1) is 5.92 Å². The lowest BCUT2D eigenvalue weighted by Gasteiger charge is -2.31. The summed E-state index contributed by atoms with van der Waals surface area (Å²) in [6, 6.07) is 9.08. The van der Waals surface area contributed by atoms with E-state index in [1.54, 1.807) is 12.1 Å². The third-order valence-corrected chi connectivity index (χ3v) is 7.46. The number of allylic oxidation sites excluding steroid dienone is 1. The van der Waals surface area contributed by atoms with Crippen LogP contribution < -0.4 is 10.6 Å². The van der Waals surface area contributed by atoms with Crippen molar-refractivity contribution in [1.82, 2.24) is 4.98 Å². The van der Waals surface area contributed by atoms with Gasteiger partial charge < -0.3 is 20.5 Å². The third-order valence-electron chi connectivity index (χ3n) is 7.46. The molecule has 1 fully saturated rings. The molecule has 8 heteroatoms. The summed E-state index contributed by atoms with van der Waals surface area (Å²) in [6.07, 6.45) is 8.36. The molecule has 2 aliphatic rings. The fourth-order valence-corrected chi connectivity index (χ4v) is 5.43. The van der Waals surface area contributed by atoms with E-state index in [0.29, 0.717) is 47.9 Å². The molecule has 1 aromatic carbocycles. The summed E-state index contributed by atoms with van der Waals surface area (Å²) >= 11 is 0. The summed E-state index contributed by atoms with van der Waals surface area (Å²) in [7, 11) is 0. The number of pyridine rings is 1. The van der Waals surface area contributed by atoms with Crippen molar-refractivity contribution in [3.63, 3.8) is 0 Å². The standard InChI is InChI=1S/C31H40N4O4/c1-20(33-18-21-9-6-5-7-10-21)25(17-32)23-13-14-27(34-28(23)30(38)39-31(2,3)4)35-16-15-22-11-8-12-24(29(36)37)26(22)19-35/h8,11-14,17,21H,5-7,9-10,15-16,18-19,32H2,1-4H3,(H,36,37)/b25-17+,33-20?. The van der Waals surface area contributed by atoms with E-state index in [1.807, 2.05) is 50.8 Å². The van der Waals surface area contributed by atoms with Crippen molar-refractivity contribution >= 4 is 29.0 Å². The largest absolute Gasteiger partial charge is 0.478 e. The molecule has 2 heterocycles. The first-order valence-electron chi connectivity index (χ1n) is 13.8. The maximum Gasteiger partial charge on any atom is 0.358 e. The second-order valence-corrected chi connectivity index (χ2v) is 11.5. The molecule has 0 spiro atoms. The quantitative estimate of drug-likeness (QED) is 0.350. The average molecular weight is 533 g/mol. The van der Waals surface area contributed by atoms with Gasteiger partial charge in [0.15, 0.2) is 5.69 Å². The molecule has 8 nitrogen and oxygen atoms in total. The van der Waals surface area contributed by atoms with Gasteiger partial charge in [0.05, 0.1) is 5.56 Å². The Morgan fingerprint density at radius 3 is 2.56 bits per heavy atom. The van der Waals surface area contributed by atoms with Crippen LogP contribution in [-0.2, 0) is 17.7 Å². The van der Waals surface area contributed by atoms with Crippen molar-refractivity contribution in [1.29, 1.82) is 0 Å².